The molecule has 0 aliphatic carbocycles. The molecule has 0 saturated carbocycles. The van der Waals surface area contributed by atoms with Crippen molar-refractivity contribution in [3.8, 4) is 5.75 Å². The number of hydrogen-bond donors (Lipinski definition) is 1. The van der Waals surface area contributed by atoms with Gasteiger partial charge in [-0.25, -0.2) is 8.42 Å². The molecule has 0 aliphatic rings. The number of rotatable bonds is 2. The summed E-state index contributed by atoms with van der Waals surface area (Å²) >= 11 is 0. The highest BCUT2D eigenvalue weighted by molar-refractivity contribution is 7.92. The van der Waals surface area contributed by atoms with Gasteiger partial charge in [0.05, 0.1) is 11.9 Å². The van der Waals surface area contributed by atoms with E-state index in [2.05, 4.69) is 4.72 Å². The van der Waals surface area contributed by atoms with Crippen LogP contribution in [0.1, 0.15) is 0 Å². The van der Waals surface area contributed by atoms with E-state index in [1.165, 1.54) is 12.1 Å². The van der Waals surface area contributed by atoms with Crippen LogP contribution in [0.4, 0.5) is 5.69 Å². The van der Waals surface area contributed by atoms with E-state index in [0.717, 1.165) is 6.26 Å². The molecular formula is C7H8NO3S. The minimum Gasteiger partial charge on any atom is -0.288 e. The summed E-state index contributed by atoms with van der Waals surface area (Å²) in [7, 11) is -3.35. The number of sulfonamides is 1. The summed E-state index contributed by atoms with van der Waals surface area (Å²) in [6.07, 6.45) is 0.999. The third-order valence-electron chi connectivity index (χ3n) is 1.18. The summed E-state index contributed by atoms with van der Waals surface area (Å²) in [6.45, 7) is 0. The lowest BCUT2D eigenvalue weighted by molar-refractivity contribution is 0.357. The Bertz CT molecular complexity index is 372. The molecule has 0 aliphatic heterocycles. The normalized spacial score (nSPS) is 11.1. The Morgan fingerprint density at radius 1 is 1.25 bits per heavy atom. The summed E-state index contributed by atoms with van der Waals surface area (Å²) in [5.74, 6) is -0.331. The first-order chi connectivity index (χ1) is 5.49. The molecule has 0 atom stereocenters. The Balaban J connectivity index is 2.98. The van der Waals surface area contributed by atoms with Gasteiger partial charge in [-0.1, -0.05) is 12.1 Å². The average molecular weight is 186 g/mol. The van der Waals surface area contributed by atoms with E-state index in [9.17, 15) is 13.5 Å². The molecule has 1 aromatic rings. The molecule has 0 fully saturated rings. The zero-order valence-electron chi connectivity index (χ0n) is 6.44. The highest BCUT2D eigenvalue weighted by Gasteiger charge is 2.05. The van der Waals surface area contributed by atoms with Crippen molar-refractivity contribution < 1.29 is 13.5 Å². The lowest BCUT2D eigenvalue weighted by Gasteiger charge is -2.02. The van der Waals surface area contributed by atoms with Crippen LogP contribution in [0.25, 0.3) is 0 Å². The predicted molar refractivity (Wildman–Crippen MR) is 45.0 cm³/mol. The Hall–Kier alpha value is -1.23. The third kappa shape index (κ3) is 2.43. The van der Waals surface area contributed by atoms with Crippen LogP contribution >= 0.6 is 0 Å². The van der Waals surface area contributed by atoms with Crippen molar-refractivity contribution in [1.29, 1.82) is 0 Å². The van der Waals surface area contributed by atoms with Gasteiger partial charge in [-0.3, -0.25) is 9.83 Å². The number of nitrogens with one attached hydrogen (secondary N) is 1. The second-order valence-electron chi connectivity index (χ2n) is 2.37. The first-order valence-electron chi connectivity index (χ1n) is 3.23. The Morgan fingerprint density at radius 3 is 2.33 bits per heavy atom. The van der Waals surface area contributed by atoms with Crippen molar-refractivity contribution in [2.24, 2.45) is 0 Å². The van der Waals surface area contributed by atoms with Crippen LogP contribution < -0.4 is 4.72 Å². The molecule has 1 N–H and O–H groups in total. The van der Waals surface area contributed by atoms with E-state index in [0.29, 0.717) is 0 Å². The predicted octanol–water partition coefficient (Wildman–Crippen LogP) is 1.20. The van der Waals surface area contributed by atoms with Crippen molar-refractivity contribution in [3.63, 3.8) is 0 Å². The van der Waals surface area contributed by atoms with Gasteiger partial charge in [0, 0.05) is 0 Å². The van der Waals surface area contributed by atoms with Gasteiger partial charge in [0.1, 0.15) is 0 Å². The third-order valence-corrected chi connectivity index (χ3v) is 1.77. The molecule has 0 spiro atoms. The van der Waals surface area contributed by atoms with Crippen LogP contribution in [0.2, 0.25) is 0 Å². The Labute approximate surface area is 70.9 Å². The van der Waals surface area contributed by atoms with Crippen LogP contribution in [0.5, 0.6) is 5.75 Å². The largest absolute Gasteiger partial charge is 0.288 e. The van der Waals surface area contributed by atoms with Gasteiger partial charge in [-0.15, -0.1) is 0 Å². The minimum atomic E-state index is -3.35. The molecule has 0 saturated heterocycles. The zero-order chi connectivity index (χ0) is 9.19. The van der Waals surface area contributed by atoms with Gasteiger partial charge in [0.15, 0.2) is 0 Å². The van der Waals surface area contributed by atoms with E-state index in [1.807, 2.05) is 0 Å². The zero-order valence-corrected chi connectivity index (χ0v) is 7.26. The quantitative estimate of drug-likeness (QED) is 0.754. The maximum atomic E-state index is 11.0. The van der Waals surface area contributed by atoms with Gasteiger partial charge in [-0.05, 0) is 12.1 Å². The fraction of sp³-hybridized carbons (Fsp3) is 0.143. The van der Waals surface area contributed by atoms with Gasteiger partial charge in [0.25, 0.3) is 0 Å². The molecule has 1 radical (unpaired) electrons. The van der Waals surface area contributed by atoms with Crippen molar-refractivity contribution >= 4 is 15.7 Å². The van der Waals surface area contributed by atoms with Gasteiger partial charge in [0.2, 0.25) is 15.8 Å². The number of benzene rings is 1. The molecule has 0 unspecified atom stereocenters. The van der Waals surface area contributed by atoms with Crippen LogP contribution in [0, 0.1) is 0 Å². The molecule has 1 rings (SSSR count). The van der Waals surface area contributed by atoms with Crippen molar-refractivity contribution in [2.45, 2.75) is 0 Å². The SMILES string of the molecule is CS(=O)(=O)Nc1ccccc1[O]. The van der Waals surface area contributed by atoms with E-state index >= 15 is 0 Å². The maximum Gasteiger partial charge on any atom is 0.229 e. The summed E-state index contributed by atoms with van der Waals surface area (Å²) in [6, 6.07) is 5.86. The summed E-state index contributed by atoms with van der Waals surface area (Å²) in [5, 5.41) is 11.0. The monoisotopic (exact) mass is 186 g/mol. The molecule has 0 bridgehead atoms. The molecule has 65 valence electrons. The molecule has 12 heavy (non-hydrogen) atoms. The molecule has 5 heteroatoms. The summed E-state index contributed by atoms with van der Waals surface area (Å²) in [5.41, 5.74) is 0.0833. The summed E-state index contributed by atoms with van der Waals surface area (Å²) < 4.78 is 23.5. The minimum absolute atomic E-state index is 0.0833. The molecule has 0 aromatic heterocycles. The van der Waals surface area contributed by atoms with Crippen LogP contribution in [0.15, 0.2) is 24.3 Å². The molecular weight excluding hydrogens is 178 g/mol. The van der Waals surface area contributed by atoms with E-state index in [1.54, 1.807) is 12.1 Å². The Kier molecular flexibility index (Phi) is 2.23. The molecule has 0 heterocycles. The van der Waals surface area contributed by atoms with Crippen molar-refractivity contribution in [3.05, 3.63) is 24.3 Å². The number of para-hydroxylation sites is 2. The first-order valence-corrected chi connectivity index (χ1v) is 5.12. The molecule has 1 aromatic carbocycles. The highest BCUT2D eigenvalue weighted by Crippen LogP contribution is 2.22. The first kappa shape index (κ1) is 8.86. The van der Waals surface area contributed by atoms with E-state index < -0.39 is 10.0 Å². The highest BCUT2D eigenvalue weighted by atomic mass is 32.2. The lowest BCUT2D eigenvalue weighted by atomic mass is 10.3. The van der Waals surface area contributed by atoms with Crippen LogP contribution in [-0.2, 0) is 15.1 Å². The van der Waals surface area contributed by atoms with Crippen molar-refractivity contribution in [2.75, 3.05) is 11.0 Å². The second kappa shape index (κ2) is 3.02. The molecule has 4 nitrogen and oxygen atoms in total. The average Bonchev–Trinajstić information content (AvgIpc) is 1.91. The van der Waals surface area contributed by atoms with Crippen LogP contribution in [-0.4, -0.2) is 14.7 Å². The van der Waals surface area contributed by atoms with E-state index in [-0.39, 0.29) is 11.4 Å². The number of hydrogen-bond acceptors (Lipinski definition) is 2. The van der Waals surface area contributed by atoms with Gasteiger partial charge < -0.3 is 0 Å². The second-order valence-corrected chi connectivity index (χ2v) is 4.12. The van der Waals surface area contributed by atoms with Gasteiger partial charge >= 0.3 is 0 Å². The fourth-order valence-corrected chi connectivity index (χ4v) is 1.32. The Morgan fingerprint density at radius 2 is 1.83 bits per heavy atom. The van der Waals surface area contributed by atoms with Crippen molar-refractivity contribution in [1.82, 2.24) is 0 Å². The smallest absolute Gasteiger partial charge is 0.229 e. The topological polar surface area (TPSA) is 66.1 Å². The standard InChI is InChI=1S/C7H8NO3S/c1-12(10,11)8-6-4-2-3-5-7(6)9/h2-5,8H,1H3. The molecule has 0 amide bonds. The fourth-order valence-electron chi connectivity index (χ4n) is 0.751. The lowest BCUT2D eigenvalue weighted by Crippen LogP contribution is -2.09. The van der Waals surface area contributed by atoms with E-state index in [4.69, 9.17) is 0 Å². The maximum absolute atomic E-state index is 11.0. The summed E-state index contributed by atoms with van der Waals surface area (Å²) in [4.78, 5) is 0. The van der Waals surface area contributed by atoms with Gasteiger partial charge in [-0.2, -0.15) is 0 Å². The number of anilines is 1. The van der Waals surface area contributed by atoms with Crippen LogP contribution in [0.3, 0.4) is 0 Å².